The number of imidazole rings is 1. The SMILES string of the molecule is c1ccc(-n2c3ccccc3c3cc(-c4ccc5c(c4)c4ccccc4n5-c4ccc5c(c4)SCc4nc6ccccc6n4-5)ccc32)cc1. The van der Waals surface area contributed by atoms with Gasteiger partial charge in [-0.2, -0.15) is 0 Å². The van der Waals surface area contributed by atoms with Gasteiger partial charge in [-0.25, -0.2) is 4.98 Å². The largest absolute Gasteiger partial charge is 0.309 e. The van der Waals surface area contributed by atoms with Gasteiger partial charge in [0.2, 0.25) is 0 Å². The molecule has 0 amide bonds. The number of thioether (sulfide) groups is 1. The molecule has 49 heavy (non-hydrogen) atoms. The van der Waals surface area contributed by atoms with E-state index in [1.165, 1.54) is 82.2 Å². The summed E-state index contributed by atoms with van der Waals surface area (Å²) in [5.74, 6) is 1.97. The molecule has 7 aromatic carbocycles. The van der Waals surface area contributed by atoms with Crippen LogP contribution in [0.2, 0.25) is 0 Å². The number of fused-ring (bicyclic) bond motifs is 11. The Kier molecular flexibility index (Phi) is 5.63. The lowest BCUT2D eigenvalue weighted by atomic mass is 10.0. The zero-order valence-electron chi connectivity index (χ0n) is 26.4. The van der Waals surface area contributed by atoms with Crippen molar-refractivity contribution in [3.05, 3.63) is 164 Å². The second kappa shape index (κ2) is 10.2. The van der Waals surface area contributed by atoms with Crippen LogP contribution in [-0.2, 0) is 5.75 Å². The minimum absolute atomic E-state index is 0.857. The van der Waals surface area contributed by atoms with Crippen molar-refractivity contribution in [1.82, 2.24) is 18.7 Å². The lowest BCUT2D eigenvalue weighted by Crippen LogP contribution is -2.07. The van der Waals surface area contributed by atoms with E-state index in [9.17, 15) is 0 Å². The molecule has 5 heteroatoms. The number of hydrogen-bond acceptors (Lipinski definition) is 2. The average molecular weight is 645 g/mol. The monoisotopic (exact) mass is 644 g/mol. The first-order valence-corrected chi connectivity index (χ1v) is 17.6. The Hall–Kier alpha value is -6.04. The highest BCUT2D eigenvalue weighted by atomic mass is 32.2. The maximum atomic E-state index is 4.92. The van der Waals surface area contributed by atoms with E-state index in [4.69, 9.17) is 4.98 Å². The number of benzene rings is 7. The Balaban J connectivity index is 1.07. The fraction of sp³-hybridized carbons (Fsp3) is 0.0227. The van der Waals surface area contributed by atoms with Gasteiger partial charge in [-0.05, 0) is 90.0 Å². The maximum absolute atomic E-state index is 4.92. The third-order valence-electron chi connectivity index (χ3n) is 10.1. The molecule has 0 saturated heterocycles. The molecule has 4 heterocycles. The second-order valence-electron chi connectivity index (χ2n) is 12.8. The van der Waals surface area contributed by atoms with E-state index in [2.05, 4.69) is 171 Å². The number of nitrogens with zero attached hydrogens (tertiary/aromatic N) is 4. The summed E-state index contributed by atoms with van der Waals surface area (Å²) >= 11 is 1.87. The highest BCUT2D eigenvalue weighted by Gasteiger charge is 2.22. The predicted octanol–water partition coefficient (Wildman–Crippen LogP) is 11.5. The van der Waals surface area contributed by atoms with Crippen LogP contribution in [0.15, 0.2) is 163 Å². The van der Waals surface area contributed by atoms with Gasteiger partial charge in [-0.3, -0.25) is 4.57 Å². The summed E-state index contributed by atoms with van der Waals surface area (Å²) in [7, 11) is 0. The van der Waals surface area contributed by atoms with Crippen molar-refractivity contribution in [2.45, 2.75) is 10.6 Å². The Labute approximate surface area is 286 Å². The van der Waals surface area contributed by atoms with Gasteiger partial charge >= 0.3 is 0 Å². The van der Waals surface area contributed by atoms with E-state index in [0.717, 1.165) is 17.1 Å². The van der Waals surface area contributed by atoms with Crippen molar-refractivity contribution < 1.29 is 0 Å². The Bertz CT molecular complexity index is 2940. The van der Waals surface area contributed by atoms with Gasteiger partial charge in [0, 0.05) is 37.8 Å². The molecule has 0 atom stereocenters. The van der Waals surface area contributed by atoms with Crippen LogP contribution in [0.25, 0.3) is 82.8 Å². The van der Waals surface area contributed by atoms with Crippen molar-refractivity contribution in [2.75, 3.05) is 0 Å². The third kappa shape index (κ3) is 3.91. The number of para-hydroxylation sites is 5. The molecular formula is C44H28N4S. The van der Waals surface area contributed by atoms with Crippen molar-refractivity contribution in [1.29, 1.82) is 0 Å². The van der Waals surface area contributed by atoms with Crippen LogP contribution in [-0.4, -0.2) is 18.7 Å². The summed E-state index contributed by atoms with van der Waals surface area (Å²) < 4.78 is 7.13. The summed E-state index contributed by atoms with van der Waals surface area (Å²) in [6.45, 7) is 0. The van der Waals surface area contributed by atoms with Crippen LogP contribution in [0.1, 0.15) is 5.82 Å². The van der Waals surface area contributed by atoms with E-state index in [0.29, 0.717) is 0 Å². The molecule has 230 valence electrons. The number of rotatable bonds is 3. The molecule has 4 nitrogen and oxygen atoms in total. The number of hydrogen-bond donors (Lipinski definition) is 0. The van der Waals surface area contributed by atoms with E-state index in [1.807, 2.05) is 11.8 Å². The Morgan fingerprint density at radius 1 is 0.429 bits per heavy atom. The van der Waals surface area contributed by atoms with Crippen molar-refractivity contribution in [2.24, 2.45) is 0 Å². The Morgan fingerprint density at radius 2 is 1.00 bits per heavy atom. The van der Waals surface area contributed by atoms with Gasteiger partial charge < -0.3 is 9.13 Å². The van der Waals surface area contributed by atoms with Gasteiger partial charge in [-0.1, -0.05) is 78.9 Å². The van der Waals surface area contributed by atoms with Gasteiger partial charge in [0.1, 0.15) is 5.82 Å². The summed E-state index contributed by atoms with van der Waals surface area (Å²) in [6.07, 6.45) is 0. The molecular weight excluding hydrogens is 617 g/mol. The molecule has 0 radical (unpaired) electrons. The molecule has 0 fully saturated rings. The summed E-state index contributed by atoms with van der Waals surface area (Å²) in [5.41, 5.74) is 13.1. The molecule has 1 aliphatic heterocycles. The zero-order chi connectivity index (χ0) is 32.1. The van der Waals surface area contributed by atoms with Crippen molar-refractivity contribution in [3.8, 4) is 28.2 Å². The molecule has 11 rings (SSSR count). The van der Waals surface area contributed by atoms with Gasteiger partial charge in [0.25, 0.3) is 0 Å². The van der Waals surface area contributed by atoms with E-state index in [1.54, 1.807) is 0 Å². The van der Waals surface area contributed by atoms with Crippen LogP contribution in [0, 0.1) is 0 Å². The van der Waals surface area contributed by atoms with Crippen LogP contribution < -0.4 is 0 Å². The van der Waals surface area contributed by atoms with Crippen molar-refractivity contribution >= 4 is 66.4 Å². The molecule has 3 aromatic heterocycles. The minimum Gasteiger partial charge on any atom is -0.309 e. The fourth-order valence-corrected chi connectivity index (χ4v) is 8.95. The zero-order valence-corrected chi connectivity index (χ0v) is 27.2. The molecule has 0 bridgehead atoms. The van der Waals surface area contributed by atoms with Crippen LogP contribution >= 0.6 is 11.8 Å². The first kappa shape index (κ1) is 27.0. The average Bonchev–Trinajstić information content (AvgIpc) is 3.82. The van der Waals surface area contributed by atoms with Gasteiger partial charge in [-0.15, -0.1) is 11.8 Å². The van der Waals surface area contributed by atoms with E-state index >= 15 is 0 Å². The maximum Gasteiger partial charge on any atom is 0.124 e. The van der Waals surface area contributed by atoms with E-state index in [-0.39, 0.29) is 0 Å². The van der Waals surface area contributed by atoms with Gasteiger partial charge in [0.15, 0.2) is 0 Å². The van der Waals surface area contributed by atoms with E-state index < -0.39 is 0 Å². The fourth-order valence-electron chi connectivity index (χ4n) is 7.96. The molecule has 0 aliphatic carbocycles. The molecule has 0 saturated carbocycles. The molecule has 0 spiro atoms. The minimum atomic E-state index is 0.857. The van der Waals surface area contributed by atoms with Gasteiger partial charge in [0.05, 0.1) is 44.5 Å². The number of aromatic nitrogens is 4. The molecule has 1 aliphatic rings. The highest BCUT2D eigenvalue weighted by molar-refractivity contribution is 7.98. The summed E-state index contributed by atoms with van der Waals surface area (Å²) in [5, 5.41) is 5.05. The second-order valence-corrected chi connectivity index (χ2v) is 13.8. The first-order valence-electron chi connectivity index (χ1n) is 16.7. The molecule has 0 N–H and O–H groups in total. The van der Waals surface area contributed by atoms with Crippen LogP contribution in [0.5, 0.6) is 0 Å². The third-order valence-corrected chi connectivity index (χ3v) is 11.2. The predicted molar refractivity (Wildman–Crippen MR) is 205 cm³/mol. The Morgan fingerprint density at radius 3 is 1.69 bits per heavy atom. The topological polar surface area (TPSA) is 27.7 Å². The highest BCUT2D eigenvalue weighted by Crippen LogP contribution is 2.42. The normalized spacial score (nSPS) is 12.7. The quantitative estimate of drug-likeness (QED) is 0.191. The van der Waals surface area contributed by atoms with Crippen LogP contribution in [0.4, 0.5) is 0 Å². The molecule has 10 aromatic rings. The van der Waals surface area contributed by atoms with Crippen LogP contribution in [0.3, 0.4) is 0 Å². The lowest BCUT2D eigenvalue weighted by Gasteiger charge is -2.20. The lowest BCUT2D eigenvalue weighted by molar-refractivity contribution is 0.941. The first-order chi connectivity index (χ1) is 24.3. The smallest absolute Gasteiger partial charge is 0.124 e. The summed E-state index contributed by atoms with van der Waals surface area (Å²) in [6, 6.07) is 57.4. The molecule has 0 unspecified atom stereocenters. The summed E-state index contributed by atoms with van der Waals surface area (Å²) in [4.78, 5) is 6.20. The standard InChI is InChI=1S/C44H28N4S/c1-2-10-30(11-3-1)46-37-15-7-4-12-32(37)34-24-28(18-21-39(34)46)29-19-22-40-35(25-29)33-13-5-8-16-38(33)47(40)31-20-23-42-43(26-31)49-27-44-45-36-14-6-9-17-41(36)48(42)44/h1-26H,27H2. The van der Waals surface area contributed by atoms with Crippen molar-refractivity contribution in [3.63, 3.8) is 0 Å².